The Morgan fingerprint density at radius 2 is 2.18 bits per heavy atom. The number of aromatic nitrogens is 4. The number of rotatable bonds is 1. The van der Waals surface area contributed by atoms with Gasteiger partial charge in [-0.3, -0.25) is 4.79 Å². The Balaban J connectivity index is 2.78. The minimum Gasteiger partial charge on any atom is -0.319 e. The van der Waals surface area contributed by atoms with E-state index in [2.05, 4.69) is 19.9 Å². The van der Waals surface area contributed by atoms with Crippen molar-refractivity contribution in [2.75, 3.05) is 0 Å². The van der Waals surface area contributed by atoms with Crippen LogP contribution >= 0.6 is 0 Å². The number of carbonyl (C=O) groups is 1. The lowest BCUT2D eigenvalue weighted by Gasteiger charge is -1.80. The van der Waals surface area contributed by atoms with Crippen molar-refractivity contribution in [3.63, 3.8) is 0 Å². The molecule has 0 bridgehead atoms. The molecule has 0 aliphatic heterocycles. The number of hydrogen-bond acceptors (Lipinski definition) is 4. The van der Waals surface area contributed by atoms with Crippen molar-refractivity contribution < 1.29 is 4.79 Å². The smallest absolute Gasteiger partial charge is 0.197 e. The lowest BCUT2D eigenvalue weighted by Crippen LogP contribution is -1.79. The lowest BCUT2D eigenvalue weighted by molar-refractivity contribution is 0.111. The maximum atomic E-state index is 10.2. The molecule has 0 unspecified atom stereocenters. The van der Waals surface area contributed by atoms with Crippen LogP contribution in [0, 0.1) is 0 Å². The summed E-state index contributed by atoms with van der Waals surface area (Å²) in [5, 5.41) is 0. The zero-order valence-corrected chi connectivity index (χ0v) is 5.48. The van der Waals surface area contributed by atoms with Gasteiger partial charge in [0, 0.05) is 12.4 Å². The molecule has 0 aliphatic carbocycles. The molecule has 2 aromatic rings. The van der Waals surface area contributed by atoms with E-state index in [0.29, 0.717) is 17.6 Å². The van der Waals surface area contributed by atoms with E-state index >= 15 is 0 Å². The van der Waals surface area contributed by atoms with Gasteiger partial charge in [-0.15, -0.1) is 0 Å². The average molecular weight is 148 g/mol. The van der Waals surface area contributed by atoms with Gasteiger partial charge >= 0.3 is 0 Å². The average Bonchev–Trinajstić information content (AvgIpc) is 2.46. The molecule has 0 saturated carbocycles. The highest BCUT2D eigenvalue weighted by Gasteiger charge is 2.00. The Kier molecular flexibility index (Phi) is 1.15. The van der Waals surface area contributed by atoms with E-state index in [1.54, 1.807) is 0 Å². The van der Waals surface area contributed by atoms with E-state index in [1.807, 2.05) is 0 Å². The summed E-state index contributed by atoms with van der Waals surface area (Å²) >= 11 is 0. The highest BCUT2D eigenvalue weighted by atomic mass is 16.1. The first kappa shape index (κ1) is 5.96. The second kappa shape index (κ2) is 2.12. The second-order valence-corrected chi connectivity index (χ2v) is 1.97. The maximum Gasteiger partial charge on any atom is 0.197 e. The van der Waals surface area contributed by atoms with Crippen LogP contribution in [0.2, 0.25) is 0 Å². The molecule has 2 aromatic heterocycles. The van der Waals surface area contributed by atoms with E-state index in [9.17, 15) is 4.79 Å². The molecule has 54 valence electrons. The highest BCUT2D eigenvalue weighted by molar-refractivity contribution is 5.76. The van der Waals surface area contributed by atoms with Crippen LogP contribution < -0.4 is 0 Å². The number of nitrogens with zero attached hydrogens (tertiary/aromatic N) is 3. The summed E-state index contributed by atoms with van der Waals surface area (Å²) in [6.07, 6.45) is 3.69. The normalized spacial score (nSPS) is 10.2. The number of imidazole rings is 1. The van der Waals surface area contributed by atoms with Crippen molar-refractivity contribution in [3.8, 4) is 0 Å². The van der Waals surface area contributed by atoms with Gasteiger partial charge in [0.2, 0.25) is 0 Å². The Bertz CT molecular complexity index is 361. The zero-order valence-electron chi connectivity index (χ0n) is 5.48. The fourth-order valence-electron chi connectivity index (χ4n) is 0.820. The summed E-state index contributed by atoms with van der Waals surface area (Å²) in [6.45, 7) is 0. The maximum absolute atomic E-state index is 10.2. The van der Waals surface area contributed by atoms with Crippen molar-refractivity contribution in [1.82, 2.24) is 19.9 Å². The van der Waals surface area contributed by atoms with Crippen LogP contribution in [0.5, 0.6) is 0 Å². The predicted octanol–water partition coefficient (Wildman–Crippen LogP) is 0.165. The molecule has 5 heteroatoms. The van der Waals surface area contributed by atoms with Crippen molar-refractivity contribution in [3.05, 3.63) is 18.2 Å². The first-order chi connectivity index (χ1) is 5.40. The molecular formula is C6H4N4O. The molecule has 11 heavy (non-hydrogen) atoms. The van der Waals surface area contributed by atoms with Crippen molar-refractivity contribution in [2.45, 2.75) is 0 Å². The second-order valence-electron chi connectivity index (χ2n) is 1.97. The topological polar surface area (TPSA) is 71.5 Å². The quantitative estimate of drug-likeness (QED) is 0.585. The van der Waals surface area contributed by atoms with E-state index in [0.717, 1.165) is 0 Å². The molecular weight excluding hydrogens is 144 g/mol. The van der Waals surface area contributed by atoms with Gasteiger partial charge in [-0.05, 0) is 0 Å². The highest BCUT2D eigenvalue weighted by Crippen LogP contribution is 2.01. The Morgan fingerprint density at radius 3 is 2.91 bits per heavy atom. The summed E-state index contributed by atoms with van der Waals surface area (Å²) < 4.78 is 0. The van der Waals surface area contributed by atoms with Crippen LogP contribution in [0.1, 0.15) is 10.6 Å². The van der Waals surface area contributed by atoms with Crippen molar-refractivity contribution in [2.24, 2.45) is 0 Å². The minimum absolute atomic E-state index is 0.256. The number of carbonyl (C=O) groups excluding carboxylic acids is 1. The Morgan fingerprint density at radius 1 is 1.36 bits per heavy atom. The number of H-pyrrole nitrogens is 1. The third-order valence-electron chi connectivity index (χ3n) is 1.26. The van der Waals surface area contributed by atoms with Crippen LogP contribution in [0.3, 0.4) is 0 Å². The number of aromatic amines is 1. The largest absolute Gasteiger partial charge is 0.319 e. The van der Waals surface area contributed by atoms with Crippen molar-refractivity contribution >= 4 is 17.6 Å². The zero-order chi connectivity index (χ0) is 7.68. The number of aldehydes is 1. The van der Waals surface area contributed by atoms with E-state index in [-0.39, 0.29) is 5.82 Å². The summed E-state index contributed by atoms with van der Waals surface area (Å²) in [4.78, 5) is 24.5. The van der Waals surface area contributed by atoms with E-state index < -0.39 is 0 Å². The van der Waals surface area contributed by atoms with Crippen LogP contribution in [0.15, 0.2) is 12.4 Å². The van der Waals surface area contributed by atoms with Crippen LogP contribution in [-0.2, 0) is 0 Å². The Hall–Kier alpha value is -1.78. The van der Waals surface area contributed by atoms with Gasteiger partial charge in [-0.25, -0.2) is 15.0 Å². The van der Waals surface area contributed by atoms with Gasteiger partial charge in [0.15, 0.2) is 23.4 Å². The summed E-state index contributed by atoms with van der Waals surface area (Å²) in [5.74, 6) is 0.256. The third kappa shape index (κ3) is 0.861. The van der Waals surface area contributed by atoms with Gasteiger partial charge in [-0.1, -0.05) is 0 Å². The summed E-state index contributed by atoms with van der Waals surface area (Å²) in [6, 6.07) is 0. The summed E-state index contributed by atoms with van der Waals surface area (Å²) in [7, 11) is 0. The van der Waals surface area contributed by atoms with E-state index in [4.69, 9.17) is 0 Å². The van der Waals surface area contributed by atoms with Crippen molar-refractivity contribution in [1.29, 1.82) is 0 Å². The molecule has 0 fully saturated rings. The third-order valence-corrected chi connectivity index (χ3v) is 1.26. The first-order valence-electron chi connectivity index (χ1n) is 3.02. The van der Waals surface area contributed by atoms with Crippen LogP contribution in [0.4, 0.5) is 0 Å². The summed E-state index contributed by atoms with van der Waals surface area (Å²) in [5.41, 5.74) is 1.00. The predicted molar refractivity (Wildman–Crippen MR) is 37.1 cm³/mol. The van der Waals surface area contributed by atoms with E-state index in [1.165, 1.54) is 12.4 Å². The molecule has 0 aliphatic rings. The minimum atomic E-state index is 0.256. The SMILES string of the molecule is O=Cc1nc2nccnc2[nH]1. The number of nitrogens with one attached hydrogen (secondary N) is 1. The van der Waals surface area contributed by atoms with Crippen LogP contribution in [0.25, 0.3) is 11.3 Å². The lowest BCUT2D eigenvalue weighted by atomic mass is 10.7. The molecule has 2 heterocycles. The fraction of sp³-hybridized carbons (Fsp3) is 0. The van der Waals surface area contributed by atoms with Gasteiger partial charge in [0.25, 0.3) is 0 Å². The monoisotopic (exact) mass is 148 g/mol. The Labute approximate surface area is 61.5 Å². The van der Waals surface area contributed by atoms with Gasteiger partial charge in [-0.2, -0.15) is 0 Å². The molecule has 0 spiro atoms. The fourth-order valence-corrected chi connectivity index (χ4v) is 0.820. The molecule has 0 aromatic carbocycles. The first-order valence-corrected chi connectivity index (χ1v) is 3.02. The van der Waals surface area contributed by atoms with Gasteiger partial charge in [0.05, 0.1) is 0 Å². The van der Waals surface area contributed by atoms with Crippen LogP contribution in [-0.4, -0.2) is 26.2 Å². The van der Waals surface area contributed by atoms with Gasteiger partial charge < -0.3 is 4.98 Å². The molecule has 0 saturated heterocycles. The number of fused-ring (bicyclic) bond motifs is 1. The number of hydrogen-bond donors (Lipinski definition) is 1. The molecule has 5 nitrogen and oxygen atoms in total. The molecule has 1 N–H and O–H groups in total. The molecule has 2 rings (SSSR count). The molecule has 0 amide bonds. The van der Waals surface area contributed by atoms with Gasteiger partial charge in [0.1, 0.15) is 0 Å². The molecule has 0 atom stereocenters. The molecule has 0 radical (unpaired) electrons. The standard InChI is InChI=1S/C6H4N4O/c11-3-4-9-5-6(10-4)8-2-1-7-5/h1-3H,(H,7,8,9,10).